The maximum Gasteiger partial charge on any atom is 0.267 e. The fraction of sp³-hybridized carbons (Fsp3) is 0.200. The number of H-pyrrole nitrogens is 1. The molecule has 112 valence electrons. The van der Waals surface area contributed by atoms with Crippen molar-refractivity contribution in [3.8, 4) is 6.07 Å². The van der Waals surface area contributed by atoms with Crippen LogP contribution in [0.2, 0.25) is 0 Å². The highest BCUT2D eigenvalue weighted by Gasteiger charge is 2.13. The van der Waals surface area contributed by atoms with Crippen molar-refractivity contribution in [3.63, 3.8) is 0 Å². The van der Waals surface area contributed by atoms with Crippen molar-refractivity contribution in [2.45, 2.75) is 20.3 Å². The van der Waals surface area contributed by atoms with E-state index in [4.69, 9.17) is 5.26 Å². The van der Waals surface area contributed by atoms with E-state index in [-0.39, 0.29) is 5.57 Å². The largest absolute Gasteiger partial charge is 0.330 e. The zero-order chi connectivity index (χ0) is 15.9. The van der Waals surface area contributed by atoms with Crippen molar-refractivity contribution in [3.05, 3.63) is 47.4 Å². The number of hydrogen-bond donors (Lipinski definition) is 3. The molecule has 7 nitrogen and oxygen atoms in total. The fourth-order valence-electron chi connectivity index (χ4n) is 1.95. The number of nitriles is 1. The van der Waals surface area contributed by atoms with E-state index in [0.717, 1.165) is 23.2 Å². The van der Waals surface area contributed by atoms with Crippen LogP contribution >= 0.6 is 0 Å². The number of aryl methyl sites for hydroxylation is 2. The second kappa shape index (κ2) is 7.04. The first-order valence-electron chi connectivity index (χ1n) is 6.77. The number of hydrogen-bond acceptors (Lipinski definition) is 5. The molecule has 0 aliphatic rings. The highest BCUT2D eigenvalue weighted by Crippen LogP contribution is 2.21. The molecular formula is C15H16N6O. The van der Waals surface area contributed by atoms with Crippen molar-refractivity contribution in [1.82, 2.24) is 15.2 Å². The number of aromatic amines is 1. The second-order valence-corrected chi connectivity index (χ2v) is 4.56. The lowest BCUT2D eigenvalue weighted by atomic mass is 10.1. The molecule has 7 heteroatoms. The van der Waals surface area contributed by atoms with Gasteiger partial charge in [0.25, 0.3) is 5.91 Å². The molecule has 0 saturated carbocycles. The van der Waals surface area contributed by atoms with E-state index in [9.17, 15) is 4.79 Å². The van der Waals surface area contributed by atoms with Gasteiger partial charge in [0.2, 0.25) is 5.95 Å². The first-order chi connectivity index (χ1) is 10.7. The van der Waals surface area contributed by atoms with Gasteiger partial charge in [-0.25, -0.2) is 5.10 Å². The lowest BCUT2D eigenvalue weighted by Gasteiger charge is -2.12. The van der Waals surface area contributed by atoms with Crippen LogP contribution in [0.25, 0.3) is 0 Å². The Morgan fingerprint density at radius 3 is 2.95 bits per heavy atom. The monoisotopic (exact) mass is 296 g/mol. The molecule has 0 bridgehead atoms. The Hall–Kier alpha value is -3.14. The van der Waals surface area contributed by atoms with Crippen molar-refractivity contribution >= 4 is 17.5 Å². The first kappa shape index (κ1) is 15.3. The van der Waals surface area contributed by atoms with Gasteiger partial charge in [-0.05, 0) is 24.5 Å². The van der Waals surface area contributed by atoms with Crippen LogP contribution in [0.4, 0.5) is 11.6 Å². The summed E-state index contributed by atoms with van der Waals surface area (Å²) in [5.74, 6) is -0.121. The summed E-state index contributed by atoms with van der Waals surface area (Å²) in [5.41, 5.74) is 2.67. The molecule has 22 heavy (non-hydrogen) atoms. The van der Waals surface area contributed by atoms with Crippen molar-refractivity contribution in [1.29, 1.82) is 5.26 Å². The summed E-state index contributed by atoms with van der Waals surface area (Å²) < 4.78 is 0. The lowest BCUT2D eigenvalue weighted by molar-refractivity contribution is -0.112. The van der Waals surface area contributed by atoms with Gasteiger partial charge in [-0.1, -0.05) is 25.1 Å². The molecule has 0 unspecified atom stereocenters. The number of carbonyl (C=O) groups excluding carboxylic acids is 1. The van der Waals surface area contributed by atoms with Crippen LogP contribution in [-0.4, -0.2) is 21.1 Å². The molecule has 0 saturated heterocycles. The fourth-order valence-corrected chi connectivity index (χ4v) is 1.95. The number of rotatable bonds is 5. The van der Waals surface area contributed by atoms with Gasteiger partial charge >= 0.3 is 0 Å². The Labute approximate surface area is 128 Å². The SMILES string of the molecule is CCc1cccc(C)c1NC(=O)/C(C#N)=C\Nc1ncn[nH]1. The summed E-state index contributed by atoms with van der Waals surface area (Å²) >= 11 is 0. The number of nitrogens with one attached hydrogen (secondary N) is 3. The smallest absolute Gasteiger partial charge is 0.267 e. The van der Waals surface area contributed by atoms with Crippen molar-refractivity contribution in [2.75, 3.05) is 10.6 Å². The minimum Gasteiger partial charge on any atom is -0.330 e. The molecule has 1 amide bonds. The quantitative estimate of drug-likeness (QED) is 0.579. The van der Waals surface area contributed by atoms with Crippen LogP contribution in [0.3, 0.4) is 0 Å². The third-order valence-corrected chi connectivity index (χ3v) is 3.11. The van der Waals surface area contributed by atoms with E-state index in [1.165, 1.54) is 12.5 Å². The molecule has 2 aromatic rings. The Kier molecular flexibility index (Phi) is 4.88. The van der Waals surface area contributed by atoms with E-state index in [0.29, 0.717) is 5.95 Å². The minimum atomic E-state index is -0.474. The van der Waals surface area contributed by atoms with Gasteiger partial charge in [0.15, 0.2) is 0 Å². The Morgan fingerprint density at radius 1 is 1.50 bits per heavy atom. The third kappa shape index (κ3) is 3.49. The summed E-state index contributed by atoms with van der Waals surface area (Å²) in [5, 5.41) is 20.9. The van der Waals surface area contributed by atoms with Crippen molar-refractivity contribution in [2.24, 2.45) is 0 Å². The third-order valence-electron chi connectivity index (χ3n) is 3.11. The van der Waals surface area contributed by atoms with Crippen LogP contribution in [0.15, 0.2) is 36.3 Å². The molecule has 0 atom stereocenters. The Bertz CT molecular complexity index is 727. The number of anilines is 2. The minimum absolute atomic E-state index is 0.0540. The van der Waals surface area contributed by atoms with Crippen LogP contribution < -0.4 is 10.6 Å². The van der Waals surface area contributed by atoms with Gasteiger partial charge < -0.3 is 10.6 Å². The van der Waals surface area contributed by atoms with Gasteiger partial charge in [0.1, 0.15) is 18.0 Å². The van der Waals surface area contributed by atoms with Gasteiger partial charge in [0, 0.05) is 11.9 Å². The molecule has 0 aliphatic heterocycles. The zero-order valence-electron chi connectivity index (χ0n) is 12.3. The molecule has 1 aromatic heterocycles. The molecule has 0 aliphatic carbocycles. The number of carbonyl (C=O) groups is 1. The number of amides is 1. The number of nitrogens with zero attached hydrogens (tertiary/aromatic N) is 3. The topological polar surface area (TPSA) is 106 Å². The van der Waals surface area contributed by atoms with Gasteiger partial charge in [-0.2, -0.15) is 15.3 Å². The van der Waals surface area contributed by atoms with E-state index in [2.05, 4.69) is 25.8 Å². The molecule has 0 radical (unpaired) electrons. The van der Waals surface area contributed by atoms with Crippen LogP contribution in [0, 0.1) is 18.3 Å². The van der Waals surface area contributed by atoms with E-state index in [1.54, 1.807) is 0 Å². The summed E-state index contributed by atoms with van der Waals surface area (Å²) in [6.45, 7) is 3.92. The molecule has 1 aromatic carbocycles. The second-order valence-electron chi connectivity index (χ2n) is 4.56. The molecule has 1 heterocycles. The normalized spacial score (nSPS) is 10.9. The number of para-hydroxylation sites is 1. The summed E-state index contributed by atoms with van der Waals surface area (Å²) in [6, 6.07) is 7.67. The van der Waals surface area contributed by atoms with Crippen LogP contribution in [0.1, 0.15) is 18.1 Å². The van der Waals surface area contributed by atoms with Crippen LogP contribution in [-0.2, 0) is 11.2 Å². The molecule has 3 N–H and O–H groups in total. The van der Waals surface area contributed by atoms with E-state index in [1.807, 2.05) is 38.1 Å². The number of benzene rings is 1. The predicted molar refractivity (Wildman–Crippen MR) is 82.9 cm³/mol. The summed E-state index contributed by atoms with van der Waals surface area (Å²) in [6.07, 6.45) is 3.40. The lowest BCUT2D eigenvalue weighted by Crippen LogP contribution is -2.16. The predicted octanol–water partition coefficient (Wildman–Crippen LogP) is 2.13. The average Bonchev–Trinajstić information content (AvgIpc) is 3.03. The molecule has 2 rings (SSSR count). The zero-order valence-corrected chi connectivity index (χ0v) is 12.3. The highest BCUT2D eigenvalue weighted by molar-refractivity contribution is 6.07. The van der Waals surface area contributed by atoms with Gasteiger partial charge in [0.05, 0.1) is 0 Å². The number of aromatic nitrogens is 3. The molecule has 0 fully saturated rings. The Balaban J connectivity index is 2.17. The van der Waals surface area contributed by atoms with Crippen LogP contribution in [0.5, 0.6) is 0 Å². The highest BCUT2D eigenvalue weighted by atomic mass is 16.1. The van der Waals surface area contributed by atoms with Crippen molar-refractivity contribution < 1.29 is 4.79 Å². The maximum absolute atomic E-state index is 12.2. The van der Waals surface area contributed by atoms with E-state index < -0.39 is 5.91 Å². The van der Waals surface area contributed by atoms with Gasteiger partial charge in [-0.15, -0.1) is 0 Å². The average molecular weight is 296 g/mol. The maximum atomic E-state index is 12.2. The summed E-state index contributed by atoms with van der Waals surface area (Å²) in [4.78, 5) is 16.1. The summed E-state index contributed by atoms with van der Waals surface area (Å²) in [7, 11) is 0. The van der Waals surface area contributed by atoms with E-state index >= 15 is 0 Å². The molecular weight excluding hydrogens is 280 g/mol. The molecule has 0 spiro atoms. The first-order valence-corrected chi connectivity index (χ1v) is 6.77. The Morgan fingerprint density at radius 2 is 2.32 bits per heavy atom. The van der Waals surface area contributed by atoms with Gasteiger partial charge in [-0.3, -0.25) is 4.79 Å². The standard InChI is InChI=1S/C15H16N6O/c1-3-11-6-4-5-10(2)13(11)20-14(22)12(7-16)8-17-15-18-9-19-21-15/h4-6,8-9H,3H2,1-2H3,(H,20,22)(H2,17,18,19,21)/b12-8-.